The van der Waals surface area contributed by atoms with E-state index in [4.69, 9.17) is 0 Å². The van der Waals surface area contributed by atoms with E-state index in [1.54, 1.807) is 0 Å². The van der Waals surface area contributed by atoms with Crippen LogP contribution in [0.15, 0.2) is 66.7 Å². The highest BCUT2D eigenvalue weighted by Crippen LogP contribution is 2.37. The SMILES string of the molecule is Cc1ccc(N2CCc3cc(O)ccc3C2Cc2ccc(CN3CCCCC3)cc2)cc1. The van der Waals surface area contributed by atoms with E-state index in [2.05, 4.69) is 71.3 Å². The second-order valence-corrected chi connectivity index (χ2v) is 9.54. The summed E-state index contributed by atoms with van der Waals surface area (Å²) < 4.78 is 0. The number of fused-ring (bicyclic) bond motifs is 1. The molecule has 1 unspecified atom stereocenters. The van der Waals surface area contributed by atoms with Crippen LogP contribution in [0.3, 0.4) is 0 Å². The minimum absolute atomic E-state index is 0.273. The van der Waals surface area contributed by atoms with Crippen molar-refractivity contribution in [1.29, 1.82) is 0 Å². The number of aromatic hydroxyl groups is 1. The van der Waals surface area contributed by atoms with Crippen LogP contribution < -0.4 is 4.90 Å². The van der Waals surface area contributed by atoms with Gasteiger partial charge in [0.15, 0.2) is 0 Å². The molecule has 2 heterocycles. The number of nitrogens with zero attached hydrogens (tertiary/aromatic N) is 2. The van der Waals surface area contributed by atoms with E-state index >= 15 is 0 Å². The molecule has 0 bridgehead atoms. The van der Waals surface area contributed by atoms with Crippen LogP contribution in [0.25, 0.3) is 0 Å². The number of hydrogen-bond donors (Lipinski definition) is 1. The number of benzene rings is 3. The smallest absolute Gasteiger partial charge is 0.115 e. The van der Waals surface area contributed by atoms with Crippen LogP contribution in [0.4, 0.5) is 5.69 Å². The molecule has 1 atom stereocenters. The predicted octanol–water partition coefficient (Wildman–Crippen LogP) is 6.03. The predicted molar refractivity (Wildman–Crippen MR) is 132 cm³/mol. The number of rotatable bonds is 5. The van der Waals surface area contributed by atoms with Gasteiger partial charge >= 0.3 is 0 Å². The molecule has 0 saturated carbocycles. The molecule has 1 saturated heterocycles. The summed E-state index contributed by atoms with van der Waals surface area (Å²) in [7, 11) is 0. The first-order valence-corrected chi connectivity index (χ1v) is 12.1. The van der Waals surface area contributed by atoms with E-state index in [0.29, 0.717) is 5.75 Å². The molecular formula is C29H34N2O. The maximum Gasteiger partial charge on any atom is 0.115 e. The fourth-order valence-electron chi connectivity index (χ4n) is 5.34. The third-order valence-electron chi connectivity index (χ3n) is 7.16. The van der Waals surface area contributed by atoms with Gasteiger partial charge in [-0.05, 0) is 92.2 Å². The van der Waals surface area contributed by atoms with Crippen molar-refractivity contribution in [1.82, 2.24) is 4.90 Å². The Morgan fingerprint density at radius 2 is 1.53 bits per heavy atom. The van der Waals surface area contributed by atoms with Gasteiger partial charge in [0.2, 0.25) is 0 Å². The average Bonchev–Trinajstić information content (AvgIpc) is 2.82. The van der Waals surface area contributed by atoms with Crippen molar-refractivity contribution in [2.45, 2.75) is 51.6 Å². The zero-order valence-electron chi connectivity index (χ0n) is 19.1. The van der Waals surface area contributed by atoms with Crippen LogP contribution in [-0.2, 0) is 19.4 Å². The summed E-state index contributed by atoms with van der Waals surface area (Å²) in [6.45, 7) is 6.65. The Balaban J connectivity index is 1.39. The summed E-state index contributed by atoms with van der Waals surface area (Å²) in [5, 5.41) is 10.0. The van der Waals surface area contributed by atoms with E-state index in [-0.39, 0.29) is 6.04 Å². The van der Waals surface area contributed by atoms with Gasteiger partial charge in [0.05, 0.1) is 6.04 Å². The molecule has 3 nitrogen and oxygen atoms in total. The van der Waals surface area contributed by atoms with Gasteiger partial charge in [-0.2, -0.15) is 0 Å². The topological polar surface area (TPSA) is 26.7 Å². The Kier molecular flexibility index (Phi) is 6.18. The lowest BCUT2D eigenvalue weighted by Crippen LogP contribution is -2.36. The van der Waals surface area contributed by atoms with Gasteiger partial charge in [-0.25, -0.2) is 0 Å². The number of anilines is 1. The van der Waals surface area contributed by atoms with Crippen molar-refractivity contribution in [3.63, 3.8) is 0 Å². The van der Waals surface area contributed by atoms with Crippen LogP contribution >= 0.6 is 0 Å². The highest BCUT2D eigenvalue weighted by molar-refractivity contribution is 5.54. The van der Waals surface area contributed by atoms with Gasteiger partial charge in [0, 0.05) is 18.8 Å². The maximum absolute atomic E-state index is 10.0. The normalized spacial score (nSPS) is 19.0. The highest BCUT2D eigenvalue weighted by atomic mass is 16.3. The first kappa shape index (κ1) is 21.1. The lowest BCUT2D eigenvalue weighted by molar-refractivity contribution is 0.221. The Morgan fingerprint density at radius 3 is 2.28 bits per heavy atom. The molecule has 1 fully saturated rings. The average molecular weight is 427 g/mol. The first-order chi connectivity index (χ1) is 15.7. The number of piperidine rings is 1. The van der Waals surface area contributed by atoms with Gasteiger partial charge in [0.25, 0.3) is 0 Å². The number of aryl methyl sites for hydroxylation is 1. The lowest BCUT2D eigenvalue weighted by atomic mass is 9.88. The van der Waals surface area contributed by atoms with Gasteiger partial charge < -0.3 is 10.0 Å². The summed E-state index contributed by atoms with van der Waals surface area (Å²) in [4.78, 5) is 5.13. The van der Waals surface area contributed by atoms with E-state index in [0.717, 1.165) is 25.9 Å². The monoisotopic (exact) mass is 426 g/mol. The van der Waals surface area contributed by atoms with Gasteiger partial charge in [-0.3, -0.25) is 4.90 Å². The molecule has 3 aromatic rings. The van der Waals surface area contributed by atoms with Crippen LogP contribution in [0.2, 0.25) is 0 Å². The van der Waals surface area contributed by atoms with E-state index in [1.165, 1.54) is 65.9 Å². The minimum atomic E-state index is 0.273. The minimum Gasteiger partial charge on any atom is -0.508 e. The summed E-state index contributed by atoms with van der Waals surface area (Å²) in [5.41, 5.74) is 7.97. The van der Waals surface area contributed by atoms with Gasteiger partial charge in [-0.15, -0.1) is 0 Å². The van der Waals surface area contributed by atoms with Crippen LogP contribution in [0.1, 0.15) is 53.1 Å². The van der Waals surface area contributed by atoms with Crippen LogP contribution in [0.5, 0.6) is 5.75 Å². The summed E-state index contributed by atoms with van der Waals surface area (Å²) >= 11 is 0. The fourth-order valence-corrected chi connectivity index (χ4v) is 5.34. The summed E-state index contributed by atoms with van der Waals surface area (Å²) in [6, 6.07) is 24.4. The summed E-state index contributed by atoms with van der Waals surface area (Å²) in [5.74, 6) is 0.369. The highest BCUT2D eigenvalue weighted by Gasteiger charge is 2.28. The number of phenols is 1. The summed E-state index contributed by atoms with van der Waals surface area (Å²) in [6.07, 6.45) is 5.99. The van der Waals surface area contributed by atoms with Crippen molar-refractivity contribution in [2.24, 2.45) is 0 Å². The van der Waals surface area contributed by atoms with Crippen molar-refractivity contribution < 1.29 is 5.11 Å². The Hall–Kier alpha value is -2.78. The molecule has 2 aliphatic rings. The molecule has 2 aliphatic heterocycles. The molecule has 3 aromatic carbocycles. The van der Waals surface area contributed by atoms with Crippen molar-refractivity contribution >= 4 is 5.69 Å². The van der Waals surface area contributed by atoms with Gasteiger partial charge in [-0.1, -0.05) is 54.4 Å². The number of hydrogen-bond acceptors (Lipinski definition) is 3. The molecule has 0 amide bonds. The second kappa shape index (κ2) is 9.38. The molecule has 0 aliphatic carbocycles. The second-order valence-electron chi connectivity index (χ2n) is 9.54. The quantitative estimate of drug-likeness (QED) is 0.539. The molecule has 32 heavy (non-hydrogen) atoms. The fraction of sp³-hybridized carbons (Fsp3) is 0.379. The third kappa shape index (κ3) is 4.68. The van der Waals surface area contributed by atoms with Gasteiger partial charge in [0.1, 0.15) is 5.75 Å². The maximum atomic E-state index is 10.0. The third-order valence-corrected chi connectivity index (χ3v) is 7.16. The number of likely N-dealkylation sites (tertiary alicyclic amines) is 1. The molecule has 0 spiro atoms. The molecule has 0 aromatic heterocycles. The number of phenolic OH excluding ortho intramolecular Hbond substituents is 1. The van der Waals surface area contributed by atoms with E-state index < -0.39 is 0 Å². The van der Waals surface area contributed by atoms with E-state index in [1.807, 2.05) is 12.1 Å². The molecule has 166 valence electrons. The zero-order valence-corrected chi connectivity index (χ0v) is 19.1. The van der Waals surface area contributed by atoms with Crippen molar-refractivity contribution in [3.8, 4) is 5.75 Å². The lowest BCUT2D eigenvalue weighted by Gasteiger charge is -2.39. The van der Waals surface area contributed by atoms with E-state index in [9.17, 15) is 5.11 Å². The molecular weight excluding hydrogens is 392 g/mol. The zero-order chi connectivity index (χ0) is 21.9. The van der Waals surface area contributed by atoms with Crippen LogP contribution in [0, 0.1) is 6.92 Å². The Morgan fingerprint density at radius 1 is 0.812 bits per heavy atom. The van der Waals surface area contributed by atoms with Crippen molar-refractivity contribution in [2.75, 3.05) is 24.5 Å². The molecule has 5 rings (SSSR count). The molecule has 1 N–H and O–H groups in total. The van der Waals surface area contributed by atoms with Crippen molar-refractivity contribution in [3.05, 3.63) is 94.5 Å². The Labute approximate surface area is 192 Å². The largest absolute Gasteiger partial charge is 0.508 e. The molecule has 0 radical (unpaired) electrons. The van der Waals surface area contributed by atoms with Crippen LogP contribution in [-0.4, -0.2) is 29.6 Å². The molecule has 3 heteroatoms. The Bertz CT molecular complexity index is 1040. The first-order valence-electron chi connectivity index (χ1n) is 12.1. The standard InChI is InChI=1S/C29H34N2O/c1-22-5-11-26(12-6-22)31-18-15-25-20-27(32)13-14-28(25)29(31)19-23-7-9-24(10-8-23)21-30-16-3-2-4-17-30/h5-14,20,29,32H,2-4,15-19,21H2,1H3.